The Morgan fingerprint density at radius 1 is 1.27 bits per heavy atom. The topological polar surface area (TPSA) is 47.7 Å². The molecule has 0 aliphatic heterocycles. The van der Waals surface area contributed by atoms with Crippen LogP contribution >= 0.6 is 12.4 Å². The van der Waals surface area contributed by atoms with Crippen molar-refractivity contribution < 1.29 is 0 Å². The first kappa shape index (κ1) is 16.9. The fraction of sp³-hybridized carbons (Fsp3) is 0.625. The van der Waals surface area contributed by atoms with E-state index >= 15 is 0 Å². The molecule has 6 heteroatoms. The lowest BCUT2D eigenvalue weighted by atomic mass is 10.2. The van der Waals surface area contributed by atoms with Crippen LogP contribution in [-0.4, -0.2) is 19.6 Å². The van der Waals surface area contributed by atoms with E-state index in [-0.39, 0.29) is 12.4 Å². The minimum Gasteiger partial charge on any atom is -0.378 e. The van der Waals surface area contributed by atoms with Gasteiger partial charge in [0.1, 0.15) is 0 Å². The minimum atomic E-state index is 0. The van der Waals surface area contributed by atoms with Crippen molar-refractivity contribution >= 4 is 18.1 Å². The zero-order valence-electron chi connectivity index (χ0n) is 13.6. The molecule has 1 aliphatic carbocycles. The van der Waals surface area contributed by atoms with Crippen molar-refractivity contribution in [3.05, 3.63) is 29.8 Å². The first-order valence-electron chi connectivity index (χ1n) is 7.96. The van der Waals surface area contributed by atoms with E-state index in [0.29, 0.717) is 12.1 Å². The maximum atomic E-state index is 4.69. The minimum absolute atomic E-state index is 0. The van der Waals surface area contributed by atoms with Gasteiger partial charge in [0.2, 0.25) is 0 Å². The molecule has 22 heavy (non-hydrogen) atoms. The lowest BCUT2D eigenvalue weighted by Crippen LogP contribution is -2.05. The second kappa shape index (κ2) is 7.18. The van der Waals surface area contributed by atoms with E-state index in [1.807, 2.05) is 10.9 Å². The summed E-state index contributed by atoms with van der Waals surface area (Å²) in [6.45, 7) is 7.17. The smallest absolute Gasteiger partial charge is 0.0729 e. The largest absolute Gasteiger partial charge is 0.378 e. The number of hydrogen-bond acceptors (Lipinski definition) is 3. The van der Waals surface area contributed by atoms with Gasteiger partial charge < -0.3 is 5.32 Å². The molecule has 1 fully saturated rings. The molecule has 0 aromatic carbocycles. The summed E-state index contributed by atoms with van der Waals surface area (Å²) in [5.41, 5.74) is 3.47. The zero-order valence-corrected chi connectivity index (χ0v) is 14.4. The molecule has 0 saturated heterocycles. The van der Waals surface area contributed by atoms with Gasteiger partial charge in [-0.15, -0.1) is 12.4 Å². The molecule has 0 unspecified atom stereocenters. The molecule has 0 radical (unpaired) electrons. The fourth-order valence-corrected chi connectivity index (χ4v) is 2.96. The van der Waals surface area contributed by atoms with Crippen molar-refractivity contribution in [1.82, 2.24) is 19.6 Å². The van der Waals surface area contributed by atoms with Crippen LogP contribution in [0.2, 0.25) is 0 Å². The second-order valence-corrected chi connectivity index (χ2v) is 6.31. The quantitative estimate of drug-likeness (QED) is 0.900. The van der Waals surface area contributed by atoms with E-state index in [0.717, 1.165) is 17.9 Å². The predicted molar refractivity (Wildman–Crippen MR) is 91.7 cm³/mol. The van der Waals surface area contributed by atoms with Gasteiger partial charge in [0.25, 0.3) is 0 Å². The number of anilines is 1. The summed E-state index contributed by atoms with van der Waals surface area (Å²) < 4.78 is 4.15. The third kappa shape index (κ3) is 3.64. The Bertz CT molecular complexity index is 595. The molecular weight excluding hydrogens is 298 g/mol. The summed E-state index contributed by atoms with van der Waals surface area (Å²) >= 11 is 0. The van der Waals surface area contributed by atoms with Crippen molar-refractivity contribution in [3.8, 4) is 0 Å². The third-order valence-corrected chi connectivity index (χ3v) is 4.33. The molecule has 1 N–H and O–H groups in total. The van der Waals surface area contributed by atoms with Gasteiger partial charge in [-0.2, -0.15) is 10.2 Å². The van der Waals surface area contributed by atoms with Crippen LogP contribution in [0.5, 0.6) is 0 Å². The van der Waals surface area contributed by atoms with Crippen LogP contribution in [0.15, 0.2) is 18.6 Å². The summed E-state index contributed by atoms with van der Waals surface area (Å²) in [4.78, 5) is 0. The van der Waals surface area contributed by atoms with Crippen LogP contribution in [0.25, 0.3) is 0 Å². The van der Waals surface area contributed by atoms with Gasteiger partial charge in [0, 0.05) is 30.5 Å². The second-order valence-electron chi connectivity index (χ2n) is 6.31. The molecule has 0 spiro atoms. The predicted octanol–water partition coefficient (Wildman–Crippen LogP) is 4.12. The van der Waals surface area contributed by atoms with Crippen molar-refractivity contribution in [3.63, 3.8) is 0 Å². The Hall–Kier alpha value is -1.49. The Labute approximate surface area is 138 Å². The summed E-state index contributed by atoms with van der Waals surface area (Å²) in [5.74, 6) is 0. The molecule has 2 aromatic heterocycles. The molecule has 0 amide bonds. The molecule has 1 saturated carbocycles. The average molecular weight is 324 g/mol. The standard InChI is InChI=1S/C16H25N5.ClH/c1-12(2)20-11-15(9-18-20)17-8-14-10-21(19-13(14)3)16-6-4-5-7-16;/h9-12,16-17H,4-8H2,1-3H3;1H. The Morgan fingerprint density at radius 2 is 2.00 bits per heavy atom. The molecule has 0 atom stereocenters. The summed E-state index contributed by atoms with van der Waals surface area (Å²) in [6, 6.07) is 1.01. The van der Waals surface area contributed by atoms with E-state index in [2.05, 4.69) is 48.3 Å². The van der Waals surface area contributed by atoms with Gasteiger partial charge in [-0.1, -0.05) is 12.8 Å². The van der Waals surface area contributed by atoms with Crippen molar-refractivity contribution in [1.29, 1.82) is 0 Å². The maximum absolute atomic E-state index is 4.69. The SMILES string of the molecule is Cc1nn(C2CCCC2)cc1CNc1cnn(C(C)C)c1.Cl. The lowest BCUT2D eigenvalue weighted by Gasteiger charge is -2.08. The highest BCUT2D eigenvalue weighted by Crippen LogP contribution is 2.29. The van der Waals surface area contributed by atoms with Crippen LogP contribution in [-0.2, 0) is 6.54 Å². The van der Waals surface area contributed by atoms with Crippen LogP contribution in [0.3, 0.4) is 0 Å². The van der Waals surface area contributed by atoms with Gasteiger partial charge in [0.05, 0.1) is 23.6 Å². The highest BCUT2D eigenvalue weighted by molar-refractivity contribution is 5.85. The maximum Gasteiger partial charge on any atom is 0.0729 e. The van der Waals surface area contributed by atoms with Crippen molar-refractivity contribution in [2.24, 2.45) is 0 Å². The van der Waals surface area contributed by atoms with E-state index in [4.69, 9.17) is 5.10 Å². The number of hydrogen-bond donors (Lipinski definition) is 1. The number of nitrogens with zero attached hydrogens (tertiary/aromatic N) is 4. The number of rotatable bonds is 5. The summed E-state index contributed by atoms with van der Waals surface area (Å²) in [5, 5.41) is 12.5. The number of aryl methyl sites for hydroxylation is 1. The first-order valence-corrected chi connectivity index (χ1v) is 7.96. The highest BCUT2D eigenvalue weighted by atomic mass is 35.5. The molecule has 122 valence electrons. The van der Waals surface area contributed by atoms with Crippen LogP contribution < -0.4 is 5.32 Å². The lowest BCUT2D eigenvalue weighted by molar-refractivity contribution is 0.464. The van der Waals surface area contributed by atoms with E-state index in [1.165, 1.54) is 31.2 Å². The van der Waals surface area contributed by atoms with Crippen molar-refractivity contribution in [2.45, 2.75) is 65.1 Å². The molecule has 3 rings (SSSR count). The van der Waals surface area contributed by atoms with Crippen molar-refractivity contribution in [2.75, 3.05) is 5.32 Å². The monoisotopic (exact) mass is 323 g/mol. The van der Waals surface area contributed by atoms with Gasteiger partial charge in [-0.3, -0.25) is 9.36 Å². The molecule has 2 aromatic rings. The number of aromatic nitrogens is 4. The normalized spacial score (nSPS) is 15.3. The van der Waals surface area contributed by atoms with Crippen LogP contribution in [0, 0.1) is 6.92 Å². The highest BCUT2D eigenvalue weighted by Gasteiger charge is 2.18. The fourth-order valence-electron chi connectivity index (χ4n) is 2.96. The molecular formula is C16H26ClN5. The molecule has 5 nitrogen and oxygen atoms in total. The molecule has 1 aliphatic rings. The van der Waals surface area contributed by atoms with Crippen LogP contribution in [0.4, 0.5) is 5.69 Å². The zero-order chi connectivity index (χ0) is 14.8. The van der Waals surface area contributed by atoms with Gasteiger partial charge in [0.15, 0.2) is 0 Å². The average Bonchev–Trinajstić information content (AvgIpc) is 3.17. The Balaban J connectivity index is 0.00000176. The van der Waals surface area contributed by atoms with Gasteiger partial charge >= 0.3 is 0 Å². The number of halogens is 1. The third-order valence-electron chi connectivity index (χ3n) is 4.33. The van der Waals surface area contributed by atoms with E-state index < -0.39 is 0 Å². The molecule has 2 heterocycles. The summed E-state index contributed by atoms with van der Waals surface area (Å²) in [6.07, 6.45) is 11.4. The van der Waals surface area contributed by atoms with E-state index in [9.17, 15) is 0 Å². The number of nitrogens with one attached hydrogen (secondary N) is 1. The first-order chi connectivity index (χ1) is 10.1. The van der Waals surface area contributed by atoms with E-state index in [1.54, 1.807) is 0 Å². The van der Waals surface area contributed by atoms with Gasteiger partial charge in [-0.25, -0.2) is 0 Å². The Morgan fingerprint density at radius 3 is 2.64 bits per heavy atom. The van der Waals surface area contributed by atoms with Crippen LogP contribution in [0.1, 0.15) is 62.9 Å². The molecule has 0 bridgehead atoms. The summed E-state index contributed by atoms with van der Waals surface area (Å²) in [7, 11) is 0. The Kier molecular flexibility index (Phi) is 5.51. The van der Waals surface area contributed by atoms with Gasteiger partial charge in [-0.05, 0) is 33.6 Å².